The highest BCUT2D eigenvalue weighted by atomic mass is 15.1. The van der Waals surface area contributed by atoms with Gasteiger partial charge >= 0.3 is 0 Å². The fourth-order valence-corrected chi connectivity index (χ4v) is 2.60. The minimum Gasteiger partial charge on any atom is -0.329 e. The molecule has 0 aliphatic heterocycles. The lowest BCUT2D eigenvalue weighted by molar-refractivity contribution is 0.239. The predicted octanol–water partition coefficient (Wildman–Crippen LogP) is 3.14. The number of benzene rings is 1. The number of nitrogens with two attached hydrogens (primary N) is 1. The Bertz CT molecular complexity index is 607. The van der Waals surface area contributed by atoms with Crippen molar-refractivity contribution in [2.45, 2.75) is 33.4 Å². The van der Waals surface area contributed by atoms with Gasteiger partial charge < -0.3 is 5.73 Å². The second-order valence-electron chi connectivity index (χ2n) is 5.78. The first-order chi connectivity index (χ1) is 10.0. The minimum absolute atomic E-state index is 0.214. The zero-order valence-corrected chi connectivity index (χ0v) is 13.4. The summed E-state index contributed by atoms with van der Waals surface area (Å²) in [6.07, 6.45) is 0. The zero-order valence-electron chi connectivity index (χ0n) is 13.4. The summed E-state index contributed by atoms with van der Waals surface area (Å²) in [5.41, 5.74) is 12.1. The van der Waals surface area contributed by atoms with Crippen LogP contribution < -0.4 is 5.73 Å². The normalized spacial score (nSPS) is 12.7. The van der Waals surface area contributed by atoms with Crippen LogP contribution >= 0.6 is 0 Å². The maximum absolute atomic E-state index is 6.02. The van der Waals surface area contributed by atoms with E-state index in [-0.39, 0.29) is 6.04 Å². The maximum Gasteiger partial charge on any atom is 0.0547 e. The number of rotatable bonds is 5. The van der Waals surface area contributed by atoms with Gasteiger partial charge in [0.05, 0.1) is 5.69 Å². The molecule has 2 N–H and O–H groups in total. The third-order valence-electron chi connectivity index (χ3n) is 4.03. The molecule has 1 heterocycles. The third kappa shape index (κ3) is 3.90. The van der Waals surface area contributed by atoms with E-state index in [4.69, 9.17) is 5.73 Å². The standard InChI is InChI=1S/C18H25N3/c1-13-8-9-16(10-14(13)2)18(11-19)21(4)12-17-7-5-6-15(3)20-17/h5-10,18H,11-12,19H2,1-4H3. The summed E-state index contributed by atoms with van der Waals surface area (Å²) >= 11 is 0. The highest BCUT2D eigenvalue weighted by Crippen LogP contribution is 2.22. The molecule has 0 aliphatic carbocycles. The molecule has 21 heavy (non-hydrogen) atoms. The van der Waals surface area contributed by atoms with E-state index in [9.17, 15) is 0 Å². The van der Waals surface area contributed by atoms with E-state index in [0.29, 0.717) is 6.54 Å². The van der Waals surface area contributed by atoms with Crippen LogP contribution in [0.5, 0.6) is 0 Å². The number of aryl methyl sites for hydroxylation is 3. The van der Waals surface area contributed by atoms with Crippen molar-refractivity contribution in [3.63, 3.8) is 0 Å². The van der Waals surface area contributed by atoms with Gasteiger partial charge in [0.15, 0.2) is 0 Å². The number of hydrogen-bond donors (Lipinski definition) is 1. The molecule has 0 bridgehead atoms. The molecule has 0 fully saturated rings. The molecule has 0 radical (unpaired) electrons. The Morgan fingerprint density at radius 1 is 1.10 bits per heavy atom. The van der Waals surface area contributed by atoms with E-state index in [2.05, 4.69) is 61.1 Å². The Morgan fingerprint density at radius 2 is 1.86 bits per heavy atom. The van der Waals surface area contributed by atoms with Crippen LogP contribution in [0.25, 0.3) is 0 Å². The van der Waals surface area contributed by atoms with Crippen molar-refractivity contribution in [1.82, 2.24) is 9.88 Å². The highest BCUT2D eigenvalue weighted by Gasteiger charge is 2.16. The van der Waals surface area contributed by atoms with Crippen LogP contribution in [0.4, 0.5) is 0 Å². The van der Waals surface area contributed by atoms with E-state index >= 15 is 0 Å². The summed E-state index contributed by atoms with van der Waals surface area (Å²) in [6.45, 7) is 7.71. The van der Waals surface area contributed by atoms with Gasteiger partial charge in [0.2, 0.25) is 0 Å². The molecular formula is C18H25N3. The van der Waals surface area contributed by atoms with E-state index in [1.165, 1.54) is 16.7 Å². The molecule has 2 rings (SSSR count). The summed E-state index contributed by atoms with van der Waals surface area (Å²) in [5.74, 6) is 0. The first kappa shape index (κ1) is 15.7. The van der Waals surface area contributed by atoms with Gasteiger partial charge in [0.1, 0.15) is 0 Å². The summed E-state index contributed by atoms with van der Waals surface area (Å²) in [6, 6.07) is 13.0. The number of likely N-dealkylation sites (N-methyl/N-ethyl adjacent to an activating group) is 1. The van der Waals surface area contributed by atoms with Gasteiger partial charge in [-0.05, 0) is 56.6 Å². The summed E-state index contributed by atoms with van der Waals surface area (Å²) < 4.78 is 0. The lowest BCUT2D eigenvalue weighted by atomic mass is 10.00. The molecular weight excluding hydrogens is 258 g/mol. The van der Waals surface area contributed by atoms with Gasteiger partial charge in [-0.25, -0.2) is 0 Å². The lowest BCUT2D eigenvalue weighted by Gasteiger charge is -2.27. The highest BCUT2D eigenvalue weighted by molar-refractivity contribution is 5.32. The van der Waals surface area contributed by atoms with Crippen LogP contribution in [0.2, 0.25) is 0 Å². The molecule has 1 aromatic heterocycles. The molecule has 0 saturated carbocycles. The van der Waals surface area contributed by atoms with Crippen LogP contribution in [0.3, 0.4) is 0 Å². The molecule has 1 aromatic carbocycles. The smallest absolute Gasteiger partial charge is 0.0547 e. The van der Waals surface area contributed by atoms with Crippen molar-refractivity contribution in [3.8, 4) is 0 Å². The van der Waals surface area contributed by atoms with E-state index in [1.54, 1.807) is 0 Å². The van der Waals surface area contributed by atoms with Crippen molar-refractivity contribution >= 4 is 0 Å². The Hall–Kier alpha value is -1.71. The van der Waals surface area contributed by atoms with Crippen molar-refractivity contribution in [2.24, 2.45) is 5.73 Å². The van der Waals surface area contributed by atoms with Gasteiger partial charge in [-0.15, -0.1) is 0 Å². The molecule has 0 spiro atoms. The van der Waals surface area contributed by atoms with E-state index in [0.717, 1.165) is 17.9 Å². The van der Waals surface area contributed by atoms with Gasteiger partial charge in [0, 0.05) is 24.8 Å². The van der Waals surface area contributed by atoms with E-state index < -0.39 is 0 Å². The fourth-order valence-electron chi connectivity index (χ4n) is 2.60. The summed E-state index contributed by atoms with van der Waals surface area (Å²) in [4.78, 5) is 6.84. The molecule has 0 aliphatic rings. The topological polar surface area (TPSA) is 42.1 Å². The molecule has 2 aromatic rings. The summed E-state index contributed by atoms with van der Waals surface area (Å²) in [5, 5.41) is 0. The van der Waals surface area contributed by atoms with Crippen molar-refractivity contribution < 1.29 is 0 Å². The molecule has 112 valence electrons. The fraction of sp³-hybridized carbons (Fsp3) is 0.389. The average molecular weight is 283 g/mol. The molecule has 0 amide bonds. The largest absolute Gasteiger partial charge is 0.329 e. The van der Waals surface area contributed by atoms with Crippen molar-refractivity contribution in [1.29, 1.82) is 0 Å². The molecule has 3 nitrogen and oxygen atoms in total. The maximum atomic E-state index is 6.02. The molecule has 1 atom stereocenters. The second kappa shape index (κ2) is 6.83. The first-order valence-electron chi connectivity index (χ1n) is 7.41. The van der Waals surface area contributed by atoms with Gasteiger partial charge in [0.25, 0.3) is 0 Å². The van der Waals surface area contributed by atoms with Crippen molar-refractivity contribution in [2.75, 3.05) is 13.6 Å². The van der Waals surface area contributed by atoms with Crippen LogP contribution in [-0.4, -0.2) is 23.5 Å². The monoisotopic (exact) mass is 283 g/mol. The Labute approximate surface area is 127 Å². The first-order valence-corrected chi connectivity index (χ1v) is 7.41. The SMILES string of the molecule is Cc1cccc(CN(C)C(CN)c2ccc(C)c(C)c2)n1. The van der Waals surface area contributed by atoms with Crippen LogP contribution in [0.1, 0.15) is 34.1 Å². The Morgan fingerprint density at radius 3 is 2.48 bits per heavy atom. The van der Waals surface area contributed by atoms with Gasteiger partial charge in [-0.2, -0.15) is 0 Å². The third-order valence-corrected chi connectivity index (χ3v) is 4.03. The van der Waals surface area contributed by atoms with Gasteiger partial charge in [-0.1, -0.05) is 24.3 Å². The van der Waals surface area contributed by atoms with Crippen LogP contribution in [-0.2, 0) is 6.54 Å². The van der Waals surface area contributed by atoms with Gasteiger partial charge in [-0.3, -0.25) is 9.88 Å². The zero-order chi connectivity index (χ0) is 15.4. The molecule has 1 unspecified atom stereocenters. The Balaban J connectivity index is 2.18. The molecule has 0 saturated heterocycles. The number of aromatic nitrogens is 1. The predicted molar refractivity (Wildman–Crippen MR) is 88.2 cm³/mol. The quantitative estimate of drug-likeness (QED) is 0.916. The Kier molecular flexibility index (Phi) is 5.10. The number of nitrogens with zero attached hydrogens (tertiary/aromatic N) is 2. The summed E-state index contributed by atoms with van der Waals surface area (Å²) in [7, 11) is 2.11. The lowest BCUT2D eigenvalue weighted by Crippen LogP contribution is -2.30. The van der Waals surface area contributed by atoms with Crippen molar-refractivity contribution in [3.05, 3.63) is 64.5 Å². The van der Waals surface area contributed by atoms with Crippen LogP contribution in [0.15, 0.2) is 36.4 Å². The number of pyridine rings is 1. The average Bonchev–Trinajstić information content (AvgIpc) is 2.43. The molecule has 3 heteroatoms. The van der Waals surface area contributed by atoms with E-state index in [1.807, 2.05) is 13.0 Å². The second-order valence-corrected chi connectivity index (χ2v) is 5.78. The van der Waals surface area contributed by atoms with Crippen LogP contribution in [0, 0.1) is 20.8 Å². The number of hydrogen-bond acceptors (Lipinski definition) is 3. The minimum atomic E-state index is 0.214.